The summed E-state index contributed by atoms with van der Waals surface area (Å²) in [6.45, 7) is 0. The van der Waals surface area contributed by atoms with Crippen molar-refractivity contribution in [1.82, 2.24) is 0 Å². The first-order valence-electron chi connectivity index (χ1n) is 3.36. The van der Waals surface area contributed by atoms with Gasteiger partial charge in [0.15, 0.2) is 11.6 Å². The molecule has 1 aromatic rings. The van der Waals surface area contributed by atoms with Crippen molar-refractivity contribution in [2.24, 2.45) is 0 Å². The van der Waals surface area contributed by atoms with Gasteiger partial charge in [-0.2, -0.15) is 0 Å². The summed E-state index contributed by atoms with van der Waals surface area (Å²) in [6, 6.07) is 1.62. The molecule has 2 N–H and O–H groups in total. The number of carboxylic acid groups (broad SMARTS) is 1. The SMILES string of the molecule is COc1cc(F)c(O)cc1C(=O)O. The molecule has 70 valence electrons. The zero-order valence-electron chi connectivity index (χ0n) is 6.74. The number of aromatic carboxylic acids is 1. The Hall–Kier alpha value is -1.78. The fourth-order valence-corrected chi connectivity index (χ4v) is 0.880. The van der Waals surface area contributed by atoms with Crippen LogP contribution in [0.25, 0.3) is 0 Å². The number of phenolic OH excluding ortho intramolecular Hbond substituents is 1. The van der Waals surface area contributed by atoms with Crippen LogP contribution in [0.5, 0.6) is 11.5 Å². The molecule has 0 radical (unpaired) electrons. The lowest BCUT2D eigenvalue weighted by Gasteiger charge is -2.05. The Balaban J connectivity index is 3.33. The minimum atomic E-state index is -1.29. The van der Waals surface area contributed by atoms with Crippen molar-refractivity contribution in [1.29, 1.82) is 0 Å². The summed E-state index contributed by atoms with van der Waals surface area (Å²) < 4.78 is 17.3. The average Bonchev–Trinajstić information content (AvgIpc) is 2.08. The smallest absolute Gasteiger partial charge is 0.339 e. The summed E-state index contributed by atoms with van der Waals surface area (Å²) in [5, 5.41) is 17.5. The van der Waals surface area contributed by atoms with Crippen molar-refractivity contribution in [3.63, 3.8) is 0 Å². The highest BCUT2D eigenvalue weighted by Gasteiger charge is 2.14. The predicted octanol–water partition coefficient (Wildman–Crippen LogP) is 1.24. The Kier molecular flexibility index (Phi) is 2.36. The van der Waals surface area contributed by atoms with Crippen LogP contribution in [0.15, 0.2) is 12.1 Å². The quantitative estimate of drug-likeness (QED) is 0.729. The summed E-state index contributed by atoms with van der Waals surface area (Å²) in [5.41, 5.74) is -0.276. The number of phenols is 1. The van der Waals surface area contributed by atoms with Crippen LogP contribution < -0.4 is 4.74 Å². The first-order chi connectivity index (χ1) is 6.06. The van der Waals surface area contributed by atoms with Gasteiger partial charge in [0.2, 0.25) is 0 Å². The average molecular weight is 186 g/mol. The van der Waals surface area contributed by atoms with E-state index in [1.165, 1.54) is 7.11 Å². The van der Waals surface area contributed by atoms with E-state index in [-0.39, 0.29) is 11.3 Å². The van der Waals surface area contributed by atoms with Crippen LogP contribution in [-0.2, 0) is 0 Å². The third kappa shape index (κ3) is 1.69. The largest absolute Gasteiger partial charge is 0.505 e. The van der Waals surface area contributed by atoms with Crippen LogP contribution in [0, 0.1) is 5.82 Å². The molecular formula is C8H7FO4. The highest BCUT2D eigenvalue weighted by molar-refractivity contribution is 5.91. The number of carbonyl (C=O) groups is 1. The molecule has 0 amide bonds. The molecule has 0 saturated heterocycles. The molecule has 0 aliphatic carbocycles. The normalized spacial score (nSPS) is 9.69. The van der Waals surface area contributed by atoms with E-state index < -0.39 is 17.5 Å². The summed E-state index contributed by atoms with van der Waals surface area (Å²) in [4.78, 5) is 10.5. The van der Waals surface area contributed by atoms with Gasteiger partial charge in [0.05, 0.1) is 7.11 Å². The fourth-order valence-electron chi connectivity index (χ4n) is 0.880. The Morgan fingerprint density at radius 2 is 2.15 bits per heavy atom. The van der Waals surface area contributed by atoms with Crippen molar-refractivity contribution in [3.05, 3.63) is 23.5 Å². The molecule has 0 fully saturated rings. The number of methoxy groups -OCH3 is 1. The Labute approximate surface area is 73.2 Å². The molecule has 1 rings (SSSR count). The molecule has 5 heteroatoms. The summed E-state index contributed by atoms with van der Waals surface area (Å²) in [7, 11) is 1.22. The van der Waals surface area contributed by atoms with E-state index >= 15 is 0 Å². The molecule has 1 aromatic carbocycles. The van der Waals surface area contributed by atoms with Crippen LogP contribution in [0.3, 0.4) is 0 Å². The number of hydrogen-bond donors (Lipinski definition) is 2. The maximum absolute atomic E-state index is 12.7. The van der Waals surface area contributed by atoms with Gasteiger partial charge < -0.3 is 14.9 Å². The van der Waals surface area contributed by atoms with Gasteiger partial charge in [-0.25, -0.2) is 9.18 Å². The molecule has 0 unspecified atom stereocenters. The maximum Gasteiger partial charge on any atom is 0.339 e. The van der Waals surface area contributed by atoms with Gasteiger partial charge in [-0.1, -0.05) is 0 Å². The summed E-state index contributed by atoms with van der Waals surface area (Å²) >= 11 is 0. The Morgan fingerprint density at radius 1 is 1.54 bits per heavy atom. The van der Waals surface area contributed by atoms with Crippen LogP contribution in [0.1, 0.15) is 10.4 Å². The van der Waals surface area contributed by atoms with Gasteiger partial charge in [-0.15, -0.1) is 0 Å². The number of rotatable bonds is 2. The maximum atomic E-state index is 12.7. The molecule has 0 aliphatic rings. The van der Waals surface area contributed by atoms with Gasteiger partial charge in [-0.3, -0.25) is 0 Å². The third-order valence-corrected chi connectivity index (χ3v) is 1.50. The monoisotopic (exact) mass is 186 g/mol. The number of carboxylic acids is 1. The van der Waals surface area contributed by atoms with E-state index in [1.807, 2.05) is 0 Å². The van der Waals surface area contributed by atoms with Crippen molar-refractivity contribution >= 4 is 5.97 Å². The third-order valence-electron chi connectivity index (χ3n) is 1.50. The van der Waals surface area contributed by atoms with Crippen LogP contribution >= 0.6 is 0 Å². The van der Waals surface area contributed by atoms with E-state index in [4.69, 9.17) is 10.2 Å². The molecule has 0 aliphatic heterocycles. The molecule has 0 saturated carbocycles. The highest BCUT2D eigenvalue weighted by Crippen LogP contribution is 2.26. The van der Waals surface area contributed by atoms with Crippen molar-refractivity contribution in [3.8, 4) is 11.5 Å². The zero-order valence-corrected chi connectivity index (χ0v) is 6.74. The Bertz CT molecular complexity index is 348. The van der Waals surface area contributed by atoms with Gasteiger partial charge in [0.25, 0.3) is 0 Å². The lowest BCUT2D eigenvalue weighted by atomic mass is 10.2. The fraction of sp³-hybridized carbons (Fsp3) is 0.125. The second-order valence-electron chi connectivity index (χ2n) is 2.31. The number of hydrogen-bond acceptors (Lipinski definition) is 3. The second-order valence-corrected chi connectivity index (χ2v) is 2.31. The topological polar surface area (TPSA) is 66.8 Å². The predicted molar refractivity (Wildman–Crippen MR) is 41.6 cm³/mol. The van der Waals surface area contributed by atoms with E-state index in [2.05, 4.69) is 4.74 Å². The summed E-state index contributed by atoms with van der Waals surface area (Å²) in [5.74, 6) is -3.03. The molecule has 0 heterocycles. The Morgan fingerprint density at radius 3 is 2.62 bits per heavy atom. The highest BCUT2D eigenvalue weighted by atomic mass is 19.1. The van der Waals surface area contributed by atoms with Gasteiger partial charge in [0, 0.05) is 12.1 Å². The van der Waals surface area contributed by atoms with Crippen molar-refractivity contribution < 1.29 is 24.1 Å². The summed E-state index contributed by atoms with van der Waals surface area (Å²) in [6.07, 6.45) is 0. The molecule has 0 spiro atoms. The van der Waals surface area contributed by atoms with Gasteiger partial charge >= 0.3 is 5.97 Å². The van der Waals surface area contributed by atoms with Crippen LogP contribution in [-0.4, -0.2) is 23.3 Å². The lowest BCUT2D eigenvalue weighted by molar-refractivity contribution is 0.0692. The number of benzene rings is 1. The molecule has 0 aromatic heterocycles. The first kappa shape index (κ1) is 9.31. The van der Waals surface area contributed by atoms with E-state index in [1.54, 1.807) is 0 Å². The molecule has 0 atom stereocenters. The molecule has 13 heavy (non-hydrogen) atoms. The van der Waals surface area contributed by atoms with E-state index in [9.17, 15) is 9.18 Å². The van der Waals surface area contributed by atoms with Crippen molar-refractivity contribution in [2.45, 2.75) is 0 Å². The first-order valence-corrected chi connectivity index (χ1v) is 3.36. The number of aromatic hydroxyl groups is 1. The van der Waals surface area contributed by atoms with Gasteiger partial charge in [-0.05, 0) is 0 Å². The molecular weight excluding hydrogens is 179 g/mol. The minimum absolute atomic E-state index is 0.122. The number of halogens is 1. The molecule has 0 bridgehead atoms. The zero-order chi connectivity index (χ0) is 10.0. The number of ether oxygens (including phenoxy) is 1. The van der Waals surface area contributed by atoms with E-state index in [0.717, 1.165) is 12.1 Å². The van der Waals surface area contributed by atoms with Gasteiger partial charge in [0.1, 0.15) is 11.3 Å². The van der Waals surface area contributed by atoms with E-state index in [0.29, 0.717) is 0 Å². The molecule has 4 nitrogen and oxygen atoms in total. The van der Waals surface area contributed by atoms with Crippen molar-refractivity contribution in [2.75, 3.05) is 7.11 Å². The lowest BCUT2D eigenvalue weighted by Crippen LogP contribution is -2.00. The second kappa shape index (κ2) is 3.30. The van der Waals surface area contributed by atoms with Crippen LogP contribution in [0.4, 0.5) is 4.39 Å². The minimum Gasteiger partial charge on any atom is -0.505 e. The standard InChI is InChI=1S/C8H7FO4/c1-13-7-3-5(9)6(10)2-4(7)8(11)12/h2-3,10H,1H3,(H,11,12). The van der Waals surface area contributed by atoms with Crippen LogP contribution in [0.2, 0.25) is 0 Å².